The van der Waals surface area contributed by atoms with E-state index in [2.05, 4.69) is 22.3 Å². The standard InChI is InChI=1S/C14H22N4O2/c1-3-18(2)9-8-16-13(19)10-11-4-6-12(7-5-11)14(15)17-20/h4-7,20H,3,8-10H2,1-2H3,(H2,15,17)(H,16,19). The summed E-state index contributed by atoms with van der Waals surface area (Å²) in [5, 5.41) is 14.4. The largest absolute Gasteiger partial charge is 0.409 e. The summed E-state index contributed by atoms with van der Waals surface area (Å²) in [7, 11) is 2.01. The molecule has 0 saturated heterocycles. The predicted octanol–water partition coefficient (Wildman–Crippen LogP) is 0.392. The maximum Gasteiger partial charge on any atom is 0.224 e. The lowest BCUT2D eigenvalue weighted by Crippen LogP contribution is -2.33. The summed E-state index contributed by atoms with van der Waals surface area (Å²) in [6.07, 6.45) is 0.326. The third kappa shape index (κ3) is 5.27. The smallest absolute Gasteiger partial charge is 0.224 e. The number of likely N-dealkylation sites (N-methyl/N-ethyl adjacent to an activating group) is 1. The van der Waals surface area contributed by atoms with Crippen LogP contribution in [0.25, 0.3) is 0 Å². The van der Waals surface area contributed by atoms with Crippen LogP contribution in [-0.2, 0) is 11.2 Å². The molecule has 0 heterocycles. The first-order chi connectivity index (χ1) is 9.56. The van der Waals surface area contributed by atoms with Crippen LogP contribution < -0.4 is 11.1 Å². The number of carbonyl (C=O) groups is 1. The second kappa shape index (κ2) is 8.16. The van der Waals surface area contributed by atoms with Crippen molar-refractivity contribution >= 4 is 11.7 Å². The summed E-state index contributed by atoms with van der Waals surface area (Å²) >= 11 is 0. The molecule has 6 nitrogen and oxygen atoms in total. The Morgan fingerprint density at radius 2 is 2.05 bits per heavy atom. The minimum Gasteiger partial charge on any atom is -0.409 e. The van der Waals surface area contributed by atoms with E-state index in [1.54, 1.807) is 24.3 Å². The Morgan fingerprint density at radius 1 is 1.40 bits per heavy atom. The van der Waals surface area contributed by atoms with Crippen LogP contribution >= 0.6 is 0 Å². The topological polar surface area (TPSA) is 91.0 Å². The molecule has 0 aliphatic heterocycles. The van der Waals surface area contributed by atoms with Crippen molar-refractivity contribution in [3.8, 4) is 0 Å². The van der Waals surface area contributed by atoms with E-state index in [0.29, 0.717) is 18.5 Å². The fraction of sp³-hybridized carbons (Fsp3) is 0.429. The van der Waals surface area contributed by atoms with Gasteiger partial charge in [0.1, 0.15) is 0 Å². The molecule has 1 rings (SSSR count). The summed E-state index contributed by atoms with van der Waals surface area (Å²) < 4.78 is 0. The molecule has 0 aliphatic carbocycles. The number of nitrogens with zero attached hydrogens (tertiary/aromatic N) is 2. The van der Waals surface area contributed by atoms with E-state index in [4.69, 9.17) is 10.9 Å². The quantitative estimate of drug-likeness (QED) is 0.291. The fourth-order valence-corrected chi connectivity index (χ4v) is 1.64. The molecule has 6 heteroatoms. The van der Waals surface area contributed by atoms with Crippen LogP contribution in [0, 0.1) is 0 Å². The lowest BCUT2D eigenvalue weighted by atomic mass is 10.1. The normalized spacial score (nSPS) is 11.7. The highest BCUT2D eigenvalue weighted by molar-refractivity contribution is 5.97. The van der Waals surface area contributed by atoms with Crippen LogP contribution in [-0.4, -0.2) is 48.5 Å². The molecule has 0 radical (unpaired) electrons. The third-order valence-electron chi connectivity index (χ3n) is 3.08. The van der Waals surface area contributed by atoms with E-state index in [0.717, 1.165) is 18.7 Å². The average Bonchev–Trinajstić information content (AvgIpc) is 2.47. The minimum atomic E-state index is -0.00829. The second-order valence-corrected chi connectivity index (χ2v) is 4.60. The molecular formula is C14H22N4O2. The van der Waals surface area contributed by atoms with Gasteiger partial charge in [-0.05, 0) is 19.2 Å². The van der Waals surface area contributed by atoms with E-state index >= 15 is 0 Å². The van der Waals surface area contributed by atoms with Gasteiger partial charge in [0.2, 0.25) is 5.91 Å². The molecule has 110 valence electrons. The summed E-state index contributed by atoms with van der Waals surface area (Å²) in [5.41, 5.74) is 6.98. The first kappa shape index (κ1) is 16.0. The molecule has 0 fully saturated rings. The molecular weight excluding hydrogens is 256 g/mol. The van der Waals surface area contributed by atoms with Gasteiger partial charge in [0.15, 0.2) is 5.84 Å². The van der Waals surface area contributed by atoms with Crippen molar-refractivity contribution < 1.29 is 10.0 Å². The predicted molar refractivity (Wildman–Crippen MR) is 78.8 cm³/mol. The van der Waals surface area contributed by atoms with Crippen molar-refractivity contribution in [2.45, 2.75) is 13.3 Å². The first-order valence-corrected chi connectivity index (χ1v) is 6.59. The van der Waals surface area contributed by atoms with Gasteiger partial charge in [-0.25, -0.2) is 0 Å². The van der Waals surface area contributed by atoms with Crippen molar-refractivity contribution in [1.82, 2.24) is 10.2 Å². The van der Waals surface area contributed by atoms with E-state index in [9.17, 15) is 4.79 Å². The number of hydrogen-bond donors (Lipinski definition) is 3. The van der Waals surface area contributed by atoms with Gasteiger partial charge in [-0.1, -0.05) is 36.3 Å². The van der Waals surface area contributed by atoms with Gasteiger partial charge >= 0.3 is 0 Å². The number of amidine groups is 1. The van der Waals surface area contributed by atoms with Crippen molar-refractivity contribution in [3.63, 3.8) is 0 Å². The highest BCUT2D eigenvalue weighted by Crippen LogP contribution is 2.05. The van der Waals surface area contributed by atoms with Crippen LogP contribution in [0.1, 0.15) is 18.1 Å². The molecule has 1 aromatic carbocycles. The number of nitrogens with one attached hydrogen (secondary N) is 1. The van der Waals surface area contributed by atoms with Gasteiger partial charge in [0.25, 0.3) is 0 Å². The zero-order chi connectivity index (χ0) is 15.0. The van der Waals surface area contributed by atoms with E-state index < -0.39 is 0 Å². The number of benzene rings is 1. The summed E-state index contributed by atoms with van der Waals surface area (Å²) in [4.78, 5) is 13.9. The van der Waals surface area contributed by atoms with Gasteiger partial charge in [-0.15, -0.1) is 0 Å². The maximum absolute atomic E-state index is 11.7. The molecule has 0 unspecified atom stereocenters. The monoisotopic (exact) mass is 278 g/mol. The Hall–Kier alpha value is -2.08. The molecule has 0 bridgehead atoms. The SMILES string of the molecule is CCN(C)CCNC(=O)Cc1ccc(C(N)=NO)cc1. The maximum atomic E-state index is 11.7. The number of nitrogens with two attached hydrogens (primary N) is 1. The van der Waals surface area contributed by atoms with E-state index in [1.165, 1.54) is 0 Å². The summed E-state index contributed by atoms with van der Waals surface area (Å²) in [6.45, 7) is 4.52. The van der Waals surface area contributed by atoms with Crippen molar-refractivity contribution in [2.75, 3.05) is 26.7 Å². The lowest BCUT2D eigenvalue weighted by molar-refractivity contribution is -0.120. The van der Waals surface area contributed by atoms with Gasteiger partial charge in [-0.3, -0.25) is 4.79 Å². The molecule has 1 amide bonds. The number of carbonyl (C=O) groups excluding carboxylic acids is 1. The summed E-state index contributed by atoms with van der Waals surface area (Å²) in [6, 6.07) is 7.04. The number of oxime groups is 1. The lowest BCUT2D eigenvalue weighted by Gasteiger charge is -2.14. The Kier molecular flexibility index (Phi) is 6.52. The zero-order valence-electron chi connectivity index (χ0n) is 12.0. The Balaban J connectivity index is 2.42. The molecule has 0 aromatic heterocycles. The molecule has 0 aliphatic rings. The van der Waals surface area contributed by atoms with Crippen molar-refractivity contribution in [2.24, 2.45) is 10.9 Å². The highest BCUT2D eigenvalue weighted by Gasteiger charge is 2.05. The molecule has 4 N–H and O–H groups in total. The number of hydrogen-bond acceptors (Lipinski definition) is 4. The molecule has 0 saturated carbocycles. The van der Waals surface area contributed by atoms with Gasteiger partial charge < -0.3 is 21.2 Å². The number of rotatable bonds is 7. The van der Waals surface area contributed by atoms with E-state index in [-0.39, 0.29) is 11.7 Å². The highest BCUT2D eigenvalue weighted by atomic mass is 16.4. The Morgan fingerprint density at radius 3 is 2.60 bits per heavy atom. The third-order valence-corrected chi connectivity index (χ3v) is 3.08. The van der Waals surface area contributed by atoms with Crippen LogP contribution in [0.3, 0.4) is 0 Å². The minimum absolute atomic E-state index is 0.00829. The molecule has 0 atom stereocenters. The van der Waals surface area contributed by atoms with Crippen LogP contribution in [0.4, 0.5) is 0 Å². The van der Waals surface area contributed by atoms with Gasteiger partial charge in [0, 0.05) is 18.7 Å². The van der Waals surface area contributed by atoms with E-state index in [1.807, 2.05) is 7.05 Å². The van der Waals surface area contributed by atoms with Gasteiger partial charge in [-0.2, -0.15) is 0 Å². The van der Waals surface area contributed by atoms with Crippen molar-refractivity contribution in [1.29, 1.82) is 0 Å². The van der Waals surface area contributed by atoms with Gasteiger partial charge in [0.05, 0.1) is 6.42 Å². The van der Waals surface area contributed by atoms with Crippen LogP contribution in [0.15, 0.2) is 29.4 Å². The second-order valence-electron chi connectivity index (χ2n) is 4.60. The molecule has 0 spiro atoms. The summed E-state index contributed by atoms with van der Waals surface area (Å²) in [5.74, 6) is 0.0506. The van der Waals surface area contributed by atoms with Crippen molar-refractivity contribution in [3.05, 3.63) is 35.4 Å². The zero-order valence-corrected chi connectivity index (χ0v) is 12.0. The Bertz CT molecular complexity index is 457. The Labute approximate surface area is 119 Å². The average molecular weight is 278 g/mol. The van der Waals surface area contributed by atoms with Crippen LogP contribution in [0.5, 0.6) is 0 Å². The number of amides is 1. The fourth-order valence-electron chi connectivity index (χ4n) is 1.64. The first-order valence-electron chi connectivity index (χ1n) is 6.59. The van der Waals surface area contributed by atoms with Crippen LogP contribution in [0.2, 0.25) is 0 Å². The molecule has 1 aromatic rings. The molecule has 20 heavy (non-hydrogen) atoms.